The van der Waals surface area contributed by atoms with Crippen molar-refractivity contribution in [3.8, 4) is 0 Å². The van der Waals surface area contributed by atoms with Crippen LogP contribution in [-0.4, -0.2) is 18.1 Å². The van der Waals surface area contributed by atoms with Gasteiger partial charge in [-0.3, -0.25) is 4.98 Å². The van der Waals surface area contributed by atoms with Gasteiger partial charge in [0.15, 0.2) is 0 Å². The number of hydrogen-bond acceptors (Lipinski definition) is 4. The van der Waals surface area contributed by atoms with Gasteiger partial charge < -0.3 is 4.74 Å². The van der Waals surface area contributed by atoms with Crippen LogP contribution in [0.2, 0.25) is 0 Å². The maximum atomic E-state index is 11.5. The van der Waals surface area contributed by atoms with Gasteiger partial charge in [-0.15, -0.1) is 11.3 Å². The van der Waals surface area contributed by atoms with E-state index in [9.17, 15) is 4.79 Å². The predicted molar refractivity (Wildman–Crippen MR) is 60.4 cm³/mol. The largest absolute Gasteiger partial charge is 0.465 e. The lowest BCUT2D eigenvalue weighted by Crippen LogP contribution is -2.00. The standard InChI is InChI=1S/C11H11NO2S/c1-6-4-7(2)12-9-8(11(13)14-3)5-15-10(6)9/h4-5H,1-3H3. The molecule has 4 heteroatoms. The Balaban J connectivity index is 2.74. The van der Waals surface area contributed by atoms with Gasteiger partial charge in [0.05, 0.1) is 22.9 Å². The molecular formula is C11H11NO2S. The zero-order chi connectivity index (χ0) is 11.0. The Morgan fingerprint density at radius 1 is 1.47 bits per heavy atom. The van der Waals surface area contributed by atoms with E-state index in [1.54, 1.807) is 5.38 Å². The first-order valence-electron chi connectivity index (χ1n) is 4.57. The van der Waals surface area contributed by atoms with E-state index < -0.39 is 0 Å². The topological polar surface area (TPSA) is 39.2 Å². The molecule has 0 aromatic carbocycles. The van der Waals surface area contributed by atoms with Crippen LogP contribution >= 0.6 is 11.3 Å². The van der Waals surface area contributed by atoms with Gasteiger partial charge in [-0.25, -0.2) is 4.79 Å². The first-order valence-corrected chi connectivity index (χ1v) is 5.45. The van der Waals surface area contributed by atoms with E-state index in [0.717, 1.165) is 21.5 Å². The number of rotatable bonds is 1. The zero-order valence-corrected chi connectivity index (χ0v) is 9.64. The molecule has 0 aliphatic carbocycles. The molecule has 0 aliphatic rings. The van der Waals surface area contributed by atoms with Crippen molar-refractivity contribution in [1.82, 2.24) is 4.98 Å². The molecule has 78 valence electrons. The van der Waals surface area contributed by atoms with Crippen molar-refractivity contribution in [3.63, 3.8) is 0 Å². The van der Waals surface area contributed by atoms with Crippen LogP contribution in [0.25, 0.3) is 10.2 Å². The first kappa shape index (κ1) is 10.1. The normalized spacial score (nSPS) is 10.6. The highest BCUT2D eigenvalue weighted by atomic mass is 32.1. The van der Waals surface area contributed by atoms with Crippen molar-refractivity contribution >= 4 is 27.5 Å². The smallest absolute Gasteiger partial charge is 0.340 e. The summed E-state index contributed by atoms with van der Waals surface area (Å²) in [5, 5.41) is 1.80. The minimum absolute atomic E-state index is 0.321. The number of thiophene rings is 1. The van der Waals surface area contributed by atoms with Gasteiger partial charge in [0.1, 0.15) is 0 Å². The number of carbonyl (C=O) groups is 1. The highest BCUT2D eigenvalue weighted by molar-refractivity contribution is 7.17. The fraction of sp³-hybridized carbons (Fsp3) is 0.273. The molecule has 0 spiro atoms. The van der Waals surface area contributed by atoms with E-state index >= 15 is 0 Å². The van der Waals surface area contributed by atoms with Crippen LogP contribution in [-0.2, 0) is 4.74 Å². The third-order valence-electron chi connectivity index (χ3n) is 2.24. The Bertz CT molecular complexity index is 531. The fourth-order valence-corrected chi connectivity index (χ4v) is 2.54. The summed E-state index contributed by atoms with van der Waals surface area (Å²) in [6.07, 6.45) is 0. The Morgan fingerprint density at radius 3 is 2.87 bits per heavy atom. The lowest BCUT2D eigenvalue weighted by atomic mass is 10.2. The molecule has 15 heavy (non-hydrogen) atoms. The van der Waals surface area contributed by atoms with Crippen molar-refractivity contribution in [2.45, 2.75) is 13.8 Å². The number of aromatic nitrogens is 1. The molecule has 2 rings (SSSR count). The van der Waals surface area contributed by atoms with Gasteiger partial charge >= 0.3 is 5.97 Å². The van der Waals surface area contributed by atoms with E-state index in [1.807, 2.05) is 19.9 Å². The highest BCUT2D eigenvalue weighted by Gasteiger charge is 2.15. The van der Waals surface area contributed by atoms with Crippen molar-refractivity contribution in [3.05, 3.63) is 28.3 Å². The van der Waals surface area contributed by atoms with Crippen molar-refractivity contribution in [2.24, 2.45) is 0 Å². The van der Waals surface area contributed by atoms with Crippen LogP contribution < -0.4 is 0 Å². The summed E-state index contributed by atoms with van der Waals surface area (Å²) in [7, 11) is 1.38. The SMILES string of the molecule is COC(=O)c1csc2c(C)cc(C)nc12. The molecule has 0 N–H and O–H groups in total. The molecule has 0 unspecified atom stereocenters. The molecule has 0 fully saturated rings. The Labute approximate surface area is 91.7 Å². The summed E-state index contributed by atoms with van der Waals surface area (Å²) in [4.78, 5) is 15.8. The number of fused-ring (bicyclic) bond motifs is 1. The molecule has 0 bridgehead atoms. The molecule has 2 aromatic heterocycles. The summed E-state index contributed by atoms with van der Waals surface area (Å²) >= 11 is 1.53. The zero-order valence-electron chi connectivity index (χ0n) is 8.83. The maximum Gasteiger partial charge on any atom is 0.340 e. The Hall–Kier alpha value is -1.42. The number of pyridine rings is 1. The molecule has 2 heterocycles. The average Bonchev–Trinajstić information content (AvgIpc) is 2.60. The molecule has 3 nitrogen and oxygen atoms in total. The summed E-state index contributed by atoms with van der Waals surface area (Å²) in [6.45, 7) is 3.94. The molecule has 0 amide bonds. The number of ether oxygens (including phenoxy) is 1. The molecule has 0 radical (unpaired) electrons. The maximum absolute atomic E-state index is 11.5. The molecule has 0 aliphatic heterocycles. The lowest BCUT2D eigenvalue weighted by Gasteiger charge is -2.00. The quantitative estimate of drug-likeness (QED) is 0.695. The average molecular weight is 221 g/mol. The Morgan fingerprint density at radius 2 is 2.20 bits per heavy atom. The molecular weight excluding hydrogens is 210 g/mol. The van der Waals surface area contributed by atoms with Gasteiger partial charge in [-0.2, -0.15) is 0 Å². The monoisotopic (exact) mass is 221 g/mol. The van der Waals surface area contributed by atoms with E-state index in [1.165, 1.54) is 18.4 Å². The minimum atomic E-state index is -0.321. The second kappa shape index (κ2) is 3.62. The van der Waals surface area contributed by atoms with Gasteiger partial charge in [0.2, 0.25) is 0 Å². The van der Waals surface area contributed by atoms with E-state index in [2.05, 4.69) is 4.98 Å². The summed E-state index contributed by atoms with van der Waals surface area (Å²) in [5.74, 6) is -0.321. The van der Waals surface area contributed by atoms with E-state index in [4.69, 9.17) is 4.74 Å². The fourth-order valence-electron chi connectivity index (χ4n) is 1.58. The van der Waals surface area contributed by atoms with E-state index in [0.29, 0.717) is 5.56 Å². The van der Waals surface area contributed by atoms with Crippen LogP contribution in [0.5, 0.6) is 0 Å². The second-order valence-corrected chi connectivity index (χ2v) is 4.28. The Kier molecular flexibility index (Phi) is 2.44. The number of carbonyl (C=O) groups excluding carboxylic acids is 1. The minimum Gasteiger partial charge on any atom is -0.465 e. The van der Waals surface area contributed by atoms with Crippen molar-refractivity contribution in [1.29, 1.82) is 0 Å². The third-order valence-corrected chi connectivity index (χ3v) is 3.35. The van der Waals surface area contributed by atoms with Gasteiger partial charge in [0, 0.05) is 11.1 Å². The summed E-state index contributed by atoms with van der Waals surface area (Å²) < 4.78 is 5.77. The summed E-state index contributed by atoms with van der Waals surface area (Å²) in [5.41, 5.74) is 3.38. The summed E-state index contributed by atoms with van der Waals surface area (Å²) in [6, 6.07) is 2.01. The lowest BCUT2D eigenvalue weighted by molar-refractivity contribution is 0.0603. The van der Waals surface area contributed by atoms with Crippen LogP contribution in [0, 0.1) is 13.8 Å². The van der Waals surface area contributed by atoms with Crippen LogP contribution in [0.15, 0.2) is 11.4 Å². The van der Waals surface area contributed by atoms with Crippen molar-refractivity contribution < 1.29 is 9.53 Å². The predicted octanol–water partition coefficient (Wildman–Crippen LogP) is 2.70. The van der Waals surface area contributed by atoms with Crippen molar-refractivity contribution in [2.75, 3.05) is 7.11 Å². The number of methoxy groups -OCH3 is 1. The van der Waals surface area contributed by atoms with E-state index in [-0.39, 0.29) is 5.97 Å². The molecule has 2 aromatic rings. The van der Waals surface area contributed by atoms with Gasteiger partial charge in [0.25, 0.3) is 0 Å². The number of nitrogens with zero attached hydrogens (tertiary/aromatic N) is 1. The van der Waals surface area contributed by atoms with Crippen LogP contribution in [0.1, 0.15) is 21.6 Å². The van der Waals surface area contributed by atoms with Gasteiger partial charge in [-0.1, -0.05) is 0 Å². The highest BCUT2D eigenvalue weighted by Crippen LogP contribution is 2.28. The molecule has 0 atom stereocenters. The second-order valence-electron chi connectivity index (χ2n) is 3.40. The van der Waals surface area contributed by atoms with Crippen LogP contribution in [0.4, 0.5) is 0 Å². The van der Waals surface area contributed by atoms with Crippen LogP contribution in [0.3, 0.4) is 0 Å². The molecule has 0 saturated heterocycles. The number of aryl methyl sites for hydroxylation is 2. The number of hydrogen-bond donors (Lipinski definition) is 0. The first-order chi connectivity index (χ1) is 7.13. The third kappa shape index (κ3) is 1.61. The number of esters is 1. The van der Waals surface area contributed by atoms with Gasteiger partial charge in [-0.05, 0) is 25.5 Å². The molecule has 0 saturated carbocycles.